The number of aromatic nitrogens is 1. The minimum atomic E-state index is 0.639. The number of hydrogen-bond acceptors (Lipinski definition) is 4. The van der Waals surface area contributed by atoms with Crippen LogP contribution < -0.4 is 16.6 Å². The van der Waals surface area contributed by atoms with Gasteiger partial charge in [-0.3, -0.25) is 10.8 Å². The van der Waals surface area contributed by atoms with Crippen molar-refractivity contribution in [2.45, 2.75) is 6.42 Å². The van der Waals surface area contributed by atoms with Gasteiger partial charge in [-0.15, -0.1) is 0 Å². The van der Waals surface area contributed by atoms with Crippen LogP contribution in [0.2, 0.25) is 0 Å². The van der Waals surface area contributed by atoms with Crippen LogP contribution in [-0.2, 0) is 6.42 Å². The molecule has 66 valence electrons. The van der Waals surface area contributed by atoms with Gasteiger partial charge in [0, 0.05) is 18.9 Å². The number of nitrogens with zero attached hydrogens (tertiary/aromatic N) is 1. The highest BCUT2D eigenvalue weighted by atomic mass is 15.3. The Balaban J connectivity index is 2.16. The molecule has 0 aliphatic heterocycles. The molecule has 4 heteroatoms. The SMILES string of the molecule is NNCNCCc1cccnc1. The van der Waals surface area contributed by atoms with Crippen LogP contribution in [0.4, 0.5) is 0 Å². The van der Waals surface area contributed by atoms with Crippen molar-refractivity contribution in [3.63, 3.8) is 0 Å². The quantitative estimate of drug-likeness (QED) is 0.242. The third-order valence-electron chi connectivity index (χ3n) is 1.54. The van der Waals surface area contributed by atoms with Crippen molar-refractivity contribution < 1.29 is 0 Å². The van der Waals surface area contributed by atoms with E-state index in [9.17, 15) is 0 Å². The molecule has 12 heavy (non-hydrogen) atoms. The molecule has 4 N–H and O–H groups in total. The number of nitrogens with one attached hydrogen (secondary N) is 2. The Kier molecular flexibility index (Phi) is 4.30. The van der Waals surface area contributed by atoms with Crippen molar-refractivity contribution in [1.29, 1.82) is 0 Å². The molecule has 1 aromatic heterocycles. The summed E-state index contributed by atoms with van der Waals surface area (Å²) in [6.45, 7) is 1.55. The molecule has 0 amide bonds. The first-order chi connectivity index (χ1) is 5.93. The van der Waals surface area contributed by atoms with E-state index in [4.69, 9.17) is 5.84 Å². The molecule has 1 rings (SSSR count). The fourth-order valence-corrected chi connectivity index (χ4v) is 0.939. The molecule has 0 saturated carbocycles. The van der Waals surface area contributed by atoms with Gasteiger partial charge in [-0.2, -0.15) is 0 Å². The van der Waals surface area contributed by atoms with E-state index >= 15 is 0 Å². The van der Waals surface area contributed by atoms with E-state index in [-0.39, 0.29) is 0 Å². The van der Waals surface area contributed by atoms with Crippen molar-refractivity contribution in [3.8, 4) is 0 Å². The molecule has 0 bridgehead atoms. The van der Waals surface area contributed by atoms with Crippen molar-refractivity contribution >= 4 is 0 Å². The lowest BCUT2D eigenvalue weighted by Gasteiger charge is -2.02. The summed E-state index contributed by atoms with van der Waals surface area (Å²) in [5.41, 5.74) is 3.77. The van der Waals surface area contributed by atoms with Crippen molar-refractivity contribution in [3.05, 3.63) is 30.1 Å². The second-order valence-electron chi connectivity index (χ2n) is 2.49. The summed E-state index contributed by atoms with van der Waals surface area (Å²) >= 11 is 0. The zero-order valence-corrected chi connectivity index (χ0v) is 6.96. The van der Waals surface area contributed by atoms with E-state index in [0.29, 0.717) is 6.67 Å². The Labute approximate surface area is 72.2 Å². The Bertz CT molecular complexity index is 199. The average Bonchev–Trinajstić information content (AvgIpc) is 2.14. The maximum atomic E-state index is 5.08. The largest absolute Gasteiger partial charge is 0.303 e. The molecule has 0 radical (unpaired) electrons. The maximum Gasteiger partial charge on any atom is 0.0587 e. The molecular weight excluding hydrogens is 152 g/mol. The Morgan fingerprint density at radius 2 is 2.42 bits per heavy atom. The van der Waals surface area contributed by atoms with Crippen LogP contribution in [0.15, 0.2) is 24.5 Å². The highest BCUT2D eigenvalue weighted by Crippen LogP contribution is 1.94. The fraction of sp³-hybridized carbons (Fsp3) is 0.375. The zero-order chi connectivity index (χ0) is 8.65. The van der Waals surface area contributed by atoms with Crippen molar-refractivity contribution in [1.82, 2.24) is 15.7 Å². The van der Waals surface area contributed by atoms with Gasteiger partial charge < -0.3 is 5.32 Å². The van der Waals surface area contributed by atoms with E-state index < -0.39 is 0 Å². The van der Waals surface area contributed by atoms with Gasteiger partial charge in [0.05, 0.1) is 6.67 Å². The highest BCUT2D eigenvalue weighted by Gasteiger charge is 1.89. The predicted molar refractivity (Wildman–Crippen MR) is 48.1 cm³/mol. The van der Waals surface area contributed by atoms with Gasteiger partial charge in [-0.1, -0.05) is 6.07 Å². The molecule has 1 aromatic rings. The second kappa shape index (κ2) is 5.65. The Morgan fingerprint density at radius 3 is 3.08 bits per heavy atom. The first-order valence-electron chi connectivity index (χ1n) is 3.96. The predicted octanol–water partition coefficient (Wildman–Crippen LogP) is -0.365. The summed E-state index contributed by atoms with van der Waals surface area (Å²) in [6.07, 6.45) is 4.63. The van der Waals surface area contributed by atoms with E-state index in [2.05, 4.69) is 21.8 Å². The van der Waals surface area contributed by atoms with Crippen molar-refractivity contribution in [2.75, 3.05) is 13.2 Å². The summed E-state index contributed by atoms with van der Waals surface area (Å²) in [6, 6.07) is 4.00. The summed E-state index contributed by atoms with van der Waals surface area (Å²) in [4.78, 5) is 4.02. The first-order valence-corrected chi connectivity index (χ1v) is 3.96. The minimum absolute atomic E-state index is 0.639. The third-order valence-corrected chi connectivity index (χ3v) is 1.54. The molecule has 1 heterocycles. The standard InChI is InChI=1S/C8H14N4/c9-12-7-11-5-3-8-2-1-4-10-6-8/h1-2,4,6,11-12H,3,5,7,9H2. The van der Waals surface area contributed by atoms with E-state index in [1.807, 2.05) is 12.3 Å². The molecule has 0 aliphatic carbocycles. The van der Waals surface area contributed by atoms with Crippen LogP contribution in [0.5, 0.6) is 0 Å². The molecule has 4 nitrogen and oxygen atoms in total. The number of hydrazine groups is 1. The summed E-state index contributed by atoms with van der Waals surface area (Å²) in [5.74, 6) is 5.08. The van der Waals surface area contributed by atoms with Crippen LogP contribution in [0, 0.1) is 0 Å². The van der Waals surface area contributed by atoms with E-state index in [1.54, 1.807) is 6.20 Å². The number of hydrogen-bond donors (Lipinski definition) is 3. The lowest BCUT2D eigenvalue weighted by Crippen LogP contribution is -2.34. The molecule has 0 unspecified atom stereocenters. The second-order valence-corrected chi connectivity index (χ2v) is 2.49. The topological polar surface area (TPSA) is 63.0 Å². The average molecular weight is 166 g/mol. The summed E-state index contributed by atoms with van der Waals surface area (Å²) in [5, 5.41) is 3.12. The monoisotopic (exact) mass is 166 g/mol. The van der Waals surface area contributed by atoms with Crippen LogP contribution in [0.3, 0.4) is 0 Å². The first kappa shape index (κ1) is 9.12. The molecule has 0 aliphatic rings. The lowest BCUT2D eigenvalue weighted by atomic mass is 10.2. The minimum Gasteiger partial charge on any atom is -0.303 e. The van der Waals surface area contributed by atoms with Crippen LogP contribution in [0.25, 0.3) is 0 Å². The molecule has 0 atom stereocenters. The molecule has 0 fully saturated rings. The van der Waals surface area contributed by atoms with Crippen LogP contribution in [0.1, 0.15) is 5.56 Å². The van der Waals surface area contributed by atoms with Gasteiger partial charge in [0.15, 0.2) is 0 Å². The number of nitrogens with two attached hydrogens (primary N) is 1. The molecule has 0 saturated heterocycles. The third kappa shape index (κ3) is 3.43. The smallest absolute Gasteiger partial charge is 0.0587 e. The summed E-state index contributed by atoms with van der Waals surface area (Å²) < 4.78 is 0. The van der Waals surface area contributed by atoms with Crippen LogP contribution in [-0.4, -0.2) is 18.2 Å². The highest BCUT2D eigenvalue weighted by molar-refractivity contribution is 5.08. The van der Waals surface area contributed by atoms with Crippen LogP contribution >= 0.6 is 0 Å². The fourth-order valence-electron chi connectivity index (χ4n) is 0.939. The lowest BCUT2D eigenvalue weighted by molar-refractivity contribution is 0.601. The van der Waals surface area contributed by atoms with Gasteiger partial charge in [0.2, 0.25) is 0 Å². The Hall–Kier alpha value is -0.970. The van der Waals surface area contributed by atoms with E-state index in [0.717, 1.165) is 13.0 Å². The summed E-state index contributed by atoms with van der Waals surface area (Å²) in [7, 11) is 0. The number of rotatable bonds is 5. The molecule has 0 aromatic carbocycles. The van der Waals surface area contributed by atoms with Gasteiger partial charge in [0.25, 0.3) is 0 Å². The number of pyridine rings is 1. The normalized spacial score (nSPS) is 10.1. The van der Waals surface area contributed by atoms with E-state index in [1.165, 1.54) is 5.56 Å². The molecular formula is C8H14N4. The molecule has 0 spiro atoms. The van der Waals surface area contributed by atoms with Gasteiger partial charge in [0.1, 0.15) is 0 Å². The van der Waals surface area contributed by atoms with Gasteiger partial charge >= 0.3 is 0 Å². The van der Waals surface area contributed by atoms with Gasteiger partial charge in [-0.25, -0.2) is 5.43 Å². The van der Waals surface area contributed by atoms with Gasteiger partial charge in [-0.05, 0) is 18.1 Å². The van der Waals surface area contributed by atoms with Crippen molar-refractivity contribution in [2.24, 2.45) is 5.84 Å². The maximum absolute atomic E-state index is 5.08. The Morgan fingerprint density at radius 1 is 1.50 bits per heavy atom. The zero-order valence-electron chi connectivity index (χ0n) is 6.96.